The maximum Gasteiger partial charge on any atom is 0.126 e. The van der Waals surface area contributed by atoms with Gasteiger partial charge >= 0.3 is 0 Å². The van der Waals surface area contributed by atoms with Crippen LogP contribution < -0.4 is 5.32 Å². The number of rotatable bonds is 2. The van der Waals surface area contributed by atoms with Crippen LogP contribution in [-0.2, 0) is 0 Å². The van der Waals surface area contributed by atoms with Crippen LogP contribution in [0.5, 0.6) is 0 Å². The number of hydrogen-bond acceptors (Lipinski definition) is 4. The third-order valence-electron chi connectivity index (χ3n) is 1.56. The summed E-state index contributed by atoms with van der Waals surface area (Å²) in [5, 5.41) is 12.0. The second kappa shape index (κ2) is 4.25. The molecule has 1 unspecified atom stereocenters. The van der Waals surface area contributed by atoms with Crippen molar-refractivity contribution in [2.75, 3.05) is 7.05 Å². The average Bonchev–Trinajstić information content (AvgIpc) is 2.17. The van der Waals surface area contributed by atoms with Crippen molar-refractivity contribution < 1.29 is 5.11 Å². The lowest BCUT2D eigenvalue weighted by Gasteiger charge is -2.04. The van der Waals surface area contributed by atoms with Gasteiger partial charge in [0.05, 0.1) is 24.2 Å². The van der Waals surface area contributed by atoms with E-state index < -0.39 is 6.10 Å². The Hall–Kier alpha value is -1.07. The van der Waals surface area contributed by atoms with Crippen molar-refractivity contribution in [2.24, 2.45) is 0 Å². The van der Waals surface area contributed by atoms with Gasteiger partial charge in [-0.1, -0.05) is 12.2 Å². The maximum absolute atomic E-state index is 9.16. The van der Waals surface area contributed by atoms with Gasteiger partial charge in [0.25, 0.3) is 0 Å². The average molecular weight is 197 g/mol. The van der Waals surface area contributed by atoms with Crippen LogP contribution in [-0.4, -0.2) is 27.1 Å². The highest BCUT2D eigenvalue weighted by molar-refractivity contribution is 7.80. The number of aliphatic hydroxyl groups excluding tert-OH is 1. The Morgan fingerprint density at radius 2 is 2.23 bits per heavy atom. The molecule has 70 valence electrons. The summed E-state index contributed by atoms with van der Waals surface area (Å²) >= 11 is 4.95. The van der Waals surface area contributed by atoms with Crippen molar-refractivity contribution in [3.8, 4) is 0 Å². The zero-order valence-corrected chi connectivity index (χ0v) is 8.30. The van der Waals surface area contributed by atoms with Crippen LogP contribution >= 0.6 is 12.2 Å². The van der Waals surface area contributed by atoms with E-state index in [2.05, 4.69) is 15.3 Å². The molecular weight excluding hydrogens is 186 g/mol. The summed E-state index contributed by atoms with van der Waals surface area (Å²) in [6.07, 6.45) is 2.47. The number of nitrogens with one attached hydrogen (secondary N) is 1. The van der Waals surface area contributed by atoms with E-state index in [1.807, 2.05) is 0 Å². The molecule has 1 atom stereocenters. The molecule has 0 radical (unpaired) electrons. The van der Waals surface area contributed by atoms with Gasteiger partial charge in [-0.15, -0.1) is 0 Å². The molecule has 5 heteroatoms. The lowest BCUT2D eigenvalue weighted by Crippen LogP contribution is -2.18. The molecule has 0 fully saturated rings. The molecule has 1 rings (SSSR count). The van der Waals surface area contributed by atoms with Gasteiger partial charge in [-0.3, -0.25) is 9.97 Å². The number of nitrogens with zero attached hydrogens (tertiary/aromatic N) is 2. The van der Waals surface area contributed by atoms with Crippen molar-refractivity contribution in [1.29, 1.82) is 0 Å². The number of thiocarbonyl (C=S) groups is 1. The second-order valence-electron chi connectivity index (χ2n) is 2.58. The van der Waals surface area contributed by atoms with E-state index in [4.69, 9.17) is 17.3 Å². The van der Waals surface area contributed by atoms with Gasteiger partial charge in [-0.05, 0) is 6.92 Å². The molecule has 0 amide bonds. The van der Waals surface area contributed by atoms with Crippen LogP contribution in [0.3, 0.4) is 0 Å². The summed E-state index contributed by atoms with van der Waals surface area (Å²) in [5.74, 6) is 0. The van der Waals surface area contributed by atoms with E-state index in [1.165, 1.54) is 6.20 Å². The van der Waals surface area contributed by atoms with Crippen LogP contribution in [0.2, 0.25) is 0 Å². The molecule has 0 spiro atoms. The highest BCUT2D eigenvalue weighted by atomic mass is 32.1. The minimum absolute atomic E-state index is 0.544. The molecule has 2 N–H and O–H groups in total. The van der Waals surface area contributed by atoms with Crippen molar-refractivity contribution in [3.63, 3.8) is 0 Å². The first-order chi connectivity index (χ1) is 6.15. The van der Waals surface area contributed by atoms with Crippen molar-refractivity contribution >= 4 is 17.2 Å². The SMILES string of the molecule is CNC(=S)c1cnc(C(C)O)cn1. The molecule has 0 aliphatic rings. The van der Waals surface area contributed by atoms with E-state index in [1.54, 1.807) is 20.2 Å². The fourth-order valence-electron chi connectivity index (χ4n) is 0.799. The molecule has 0 bridgehead atoms. The highest BCUT2D eigenvalue weighted by Gasteiger charge is 2.04. The second-order valence-corrected chi connectivity index (χ2v) is 2.99. The first kappa shape index (κ1) is 10.0. The summed E-state index contributed by atoms with van der Waals surface area (Å²) in [5.41, 5.74) is 1.16. The molecule has 1 heterocycles. The summed E-state index contributed by atoms with van der Waals surface area (Å²) in [7, 11) is 1.73. The zero-order chi connectivity index (χ0) is 9.84. The van der Waals surface area contributed by atoms with Crippen molar-refractivity contribution in [1.82, 2.24) is 15.3 Å². The van der Waals surface area contributed by atoms with Gasteiger partial charge < -0.3 is 10.4 Å². The van der Waals surface area contributed by atoms with Gasteiger partial charge in [0.15, 0.2) is 0 Å². The Bertz CT molecular complexity index is 297. The van der Waals surface area contributed by atoms with Gasteiger partial charge in [-0.2, -0.15) is 0 Å². The molecule has 0 aliphatic carbocycles. The molecule has 0 aromatic carbocycles. The number of aromatic nitrogens is 2. The zero-order valence-electron chi connectivity index (χ0n) is 7.48. The minimum atomic E-state index is -0.593. The van der Waals surface area contributed by atoms with Crippen LogP contribution in [0.15, 0.2) is 12.4 Å². The Balaban J connectivity index is 2.87. The Labute approximate surface area is 82.0 Å². The topological polar surface area (TPSA) is 58.0 Å². The standard InChI is InChI=1S/C8H11N3OS/c1-5(12)6-3-11-7(4-10-6)8(13)9-2/h3-5,12H,1-2H3,(H,9,13). The molecule has 1 aromatic heterocycles. The van der Waals surface area contributed by atoms with Crippen LogP contribution in [0.4, 0.5) is 0 Å². The lowest BCUT2D eigenvalue weighted by molar-refractivity contribution is 0.194. The monoisotopic (exact) mass is 197 g/mol. The first-order valence-electron chi connectivity index (χ1n) is 3.87. The highest BCUT2D eigenvalue weighted by Crippen LogP contribution is 2.06. The third kappa shape index (κ3) is 2.43. The Morgan fingerprint density at radius 1 is 1.54 bits per heavy atom. The van der Waals surface area contributed by atoms with E-state index in [-0.39, 0.29) is 0 Å². The number of hydrogen-bond donors (Lipinski definition) is 2. The molecular formula is C8H11N3OS. The fourth-order valence-corrected chi connectivity index (χ4v) is 0.904. The summed E-state index contributed by atoms with van der Waals surface area (Å²) < 4.78 is 0. The number of aliphatic hydroxyl groups is 1. The van der Waals surface area contributed by atoms with E-state index in [0.717, 1.165) is 0 Å². The predicted molar refractivity (Wildman–Crippen MR) is 53.4 cm³/mol. The van der Waals surface area contributed by atoms with Gasteiger partial charge in [0.2, 0.25) is 0 Å². The van der Waals surface area contributed by atoms with Gasteiger partial charge in [0, 0.05) is 7.05 Å². The molecule has 0 aliphatic heterocycles. The largest absolute Gasteiger partial charge is 0.387 e. The Morgan fingerprint density at radius 3 is 2.62 bits per heavy atom. The van der Waals surface area contributed by atoms with E-state index in [9.17, 15) is 0 Å². The summed E-state index contributed by atoms with van der Waals surface area (Å²) in [4.78, 5) is 8.60. The lowest BCUT2D eigenvalue weighted by atomic mass is 10.3. The fraction of sp³-hybridized carbons (Fsp3) is 0.375. The predicted octanol–water partition coefficient (Wildman–Crippen LogP) is 0.425. The van der Waals surface area contributed by atoms with Gasteiger partial charge in [0.1, 0.15) is 10.7 Å². The Kier molecular flexibility index (Phi) is 3.27. The summed E-state index contributed by atoms with van der Waals surface area (Å²) in [6.45, 7) is 1.64. The smallest absolute Gasteiger partial charge is 0.126 e. The van der Waals surface area contributed by atoms with E-state index in [0.29, 0.717) is 16.4 Å². The normalized spacial score (nSPS) is 12.2. The van der Waals surface area contributed by atoms with Gasteiger partial charge in [-0.25, -0.2) is 0 Å². The molecule has 13 heavy (non-hydrogen) atoms. The molecule has 0 saturated carbocycles. The molecule has 4 nitrogen and oxygen atoms in total. The van der Waals surface area contributed by atoms with Crippen LogP contribution in [0.25, 0.3) is 0 Å². The van der Waals surface area contributed by atoms with Crippen molar-refractivity contribution in [3.05, 3.63) is 23.8 Å². The quantitative estimate of drug-likeness (QED) is 0.673. The first-order valence-corrected chi connectivity index (χ1v) is 4.28. The third-order valence-corrected chi connectivity index (χ3v) is 1.97. The van der Waals surface area contributed by atoms with E-state index >= 15 is 0 Å². The van der Waals surface area contributed by atoms with Crippen LogP contribution in [0, 0.1) is 0 Å². The molecule has 1 aromatic rings. The van der Waals surface area contributed by atoms with Crippen LogP contribution in [0.1, 0.15) is 24.4 Å². The summed E-state index contributed by atoms with van der Waals surface area (Å²) in [6, 6.07) is 0. The molecule has 0 saturated heterocycles. The minimum Gasteiger partial charge on any atom is -0.387 e. The maximum atomic E-state index is 9.16. The van der Waals surface area contributed by atoms with Crippen molar-refractivity contribution in [2.45, 2.75) is 13.0 Å².